The van der Waals surface area contributed by atoms with Crippen LogP contribution in [0.15, 0.2) is 47.5 Å². The molecule has 0 fully saturated rings. The number of hydrogen-bond acceptors (Lipinski definition) is 3. The van der Waals surface area contributed by atoms with Crippen LogP contribution in [0.5, 0.6) is 5.75 Å². The molecule has 0 spiro atoms. The lowest BCUT2D eigenvalue weighted by atomic mass is 10.2. The van der Waals surface area contributed by atoms with Crippen molar-refractivity contribution in [3.8, 4) is 5.75 Å². The quantitative estimate of drug-likeness (QED) is 0.690. The van der Waals surface area contributed by atoms with Gasteiger partial charge >= 0.3 is 0 Å². The molecule has 1 aromatic carbocycles. The summed E-state index contributed by atoms with van der Waals surface area (Å²) in [5.74, 6) is -0.161. The number of anilines is 1. The maximum Gasteiger partial charge on any atom is 0.262 e. The fraction of sp³-hybridized carbons (Fsp3) is 0.125. The Morgan fingerprint density at radius 3 is 2.82 bits per heavy atom. The molecule has 0 saturated heterocycles. The van der Waals surface area contributed by atoms with Crippen molar-refractivity contribution in [2.24, 2.45) is 0 Å². The summed E-state index contributed by atoms with van der Waals surface area (Å²) in [7, 11) is 0. The molecule has 22 heavy (non-hydrogen) atoms. The van der Waals surface area contributed by atoms with Gasteiger partial charge in [0.2, 0.25) is 5.43 Å². The third-order valence-electron chi connectivity index (χ3n) is 3.29. The van der Waals surface area contributed by atoms with E-state index >= 15 is 0 Å². The summed E-state index contributed by atoms with van der Waals surface area (Å²) in [6.45, 7) is 1.49. The highest BCUT2D eigenvalue weighted by atomic mass is 16.5. The molecule has 0 saturated carbocycles. The van der Waals surface area contributed by atoms with Gasteiger partial charge in [-0.2, -0.15) is 0 Å². The van der Waals surface area contributed by atoms with Crippen LogP contribution < -0.4 is 15.5 Å². The minimum Gasteiger partial charge on any atom is -0.478 e. The van der Waals surface area contributed by atoms with Gasteiger partial charge < -0.3 is 20.0 Å². The SMILES string of the molecule is Cc1[nH]ccc(=O)c1OCC(=O)Nc1ccc2cc[nH]c2c1. The van der Waals surface area contributed by atoms with Gasteiger partial charge in [-0.1, -0.05) is 6.07 Å². The first kappa shape index (κ1) is 13.9. The van der Waals surface area contributed by atoms with Gasteiger partial charge in [-0.25, -0.2) is 0 Å². The Morgan fingerprint density at radius 1 is 1.18 bits per heavy atom. The molecule has 2 heterocycles. The molecule has 3 N–H and O–H groups in total. The average Bonchev–Trinajstić information content (AvgIpc) is 2.94. The minimum absolute atomic E-state index is 0.164. The van der Waals surface area contributed by atoms with Crippen molar-refractivity contribution in [3.63, 3.8) is 0 Å². The number of rotatable bonds is 4. The van der Waals surface area contributed by atoms with Crippen molar-refractivity contribution in [1.82, 2.24) is 9.97 Å². The normalized spacial score (nSPS) is 10.6. The topological polar surface area (TPSA) is 87.0 Å². The van der Waals surface area contributed by atoms with Crippen molar-refractivity contribution in [2.45, 2.75) is 6.92 Å². The Labute approximate surface area is 126 Å². The van der Waals surface area contributed by atoms with Crippen molar-refractivity contribution < 1.29 is 9.53 Å². The number of aryl methyl sites for hydroxylation is 1. The number of pyridine rings is 1. The number of hydrogen-bond donors (Lipinski definition) is 3. The second-order valence-electron chi connectivity index (χ2n) is 4.91. The van der Waals surface area contributed by atoms with Crippen LogP contribution in [0.25, 0.3) is 10.9 Å². The largest absolute Gasteiger partial charge is 0.478 e. The van der Waals surface area contributed by atoms with Crippen LogP contribution >= 0.6 is 0 Å². The maximum atomic E-state index is 11.9. The summed E-state index contributed by atoms with van der Waals surface area (Å²) < 4.78 is 5.31. The number of aromatic amines is 2. The first-order valence-electron chi connectivity index (χ1n) is 6.81. The average molecular weight is 297 g/mol. The lowest BCUT2D eigenvalue weighted by Gasteiger charge is -2.08. The number of H-pyrrole nitrogens is 2. The highest BCUT2D eigenvalue weighted by molar-refractivity contribution is 5.94. The molecule has 0 aliphatic rings. The summed E-state index contributed by atoms with van der Waals surface area (Å²) in [6.07, 6.45) is 3.38. The lowest BCUT2D eigenvalue weighted by molar-refractivity contribution is -0.118. The van der Waals surface area contributed by atoms with Gasteiger partial charge in [0, 0.05) is 29.7 Å². The fourth-order valence-electron chi connectivity index (χ4n) is 2.21. The molecule has 2 aromatic heterocycles. The third-order valence-corrected chi connectivity index (χ3v) is 3.29. The Bertz CT molecular complexity index is 879. The van der Waals surface area contributed by atoms with Gasteiger partial charge in [-0.05, 0) is 30.5 Å². The van der Waals surface area contributed by atoms with Crippen LogP contribution in [0.2, 0.25) is 0 Å². The van der Waals surface area contributed by atoms with Crippen molar-refractivity contribution >= 4 is 22.5 Å². The number of benzene rings is 1. The molecule has 0 atom stereocenters. The van der Waals surface area contributed by atoms with Crippen molar-refractivity contribution in [2.75, 3.05) is 11.9 Å². The van der Waals surface area contributed by atoms with Gasteiger partial charge in [-0.15, -0.1) is 0 Å². The molecular weight excluding hydrogens is 282 g/mol. The van der Waals surface area contributed by atoms with Gasteiger partial charge in [0.25, 0.3) is 5.91 Å². The third kappa shape index (κ3) is 2.85. The number of nitrogens with one attached hydrogen (secondary N) is 3. The van der Waals surface area contributed by atoms with Crippen LogP contribution in [-0.2, 0) is 4.79 Å². The summed E-state index contributed by atoms with van der Waals surface area (Å²) in [4.78, 5) is 29.5. The molecule has 0 aliphatic heterocycles. The standard InChI is InChI=1S/C16H15N3O3/c1-10-16(14(20)5-7-17-10)22-9-15(21)19-12-3-2-11-4-6-18-13(11)8-12/h2-8,18H,9H2,1H3,(H,17,20)(H,19,21). The van der Waals surface area contributed by atoms with Crippen molar-refractivity contribution in [1.29, 1.82) is 0 Å². The van der Waals surface area contributed by atoms with E-state index in [4.69, 9.17) is 4.74 Å². The van der Waals surface area contributed by atoms with E-state index in [1.54, 1.807) is 6.92 Å². The van der Waals surface area contributed by atoms with E-state index < -0.39 is 0 Å². The smallest absolute Gasteiger partial charge is 0.262 e. The number of carbonyl (C=O) groups is 1. The van der Waals surface area contributed by atoms with Crippen LogP contribution in [0, 0.1) is 6.92 Å². The van der Waals surface area contributed by atoms with Gasteiger partial charge in [-0.3, -0.25) is 9.59 Å². The number of carbonyl (C=O) groups excluding carboxylic acids is 1. The lowest BCUT2D eigenvalue weighted by Crippen LogP contribution is -2.22. The monoisotopic (exact) mass is 297 g/mol. The Kier molecular flexibility index (Phi) is 3.65. The Morgan fingerprint density at radius 2 is 2.00 bits per heavy atom. The van der Waals surface area contributed by atoms with E-state index in [0.29, 0.717) is 11.4 Å². The Balaban J connectivity index is 1.66. The second-order valence-corrected chi connectivity index (χ2v) is 4.91. The molecule has 112 valence electrons. The van der Waals surface area contributed by atoms with E-state index in [0.717, 1.165) is 10.9 Å². The zero-order valence-electron chi connectivity index (χ0n) is 12.0. The zero-order valence-corrected chi connectivity index (χ0v) is 12.0. The van der Waals surface area contributed by atoms with Gasteiger partial charge in [0.05, 0.1) is 5.69 Å². The molecule has 6 nitrogen and oxygen atoms in total. The van der Waals surface area contributed by atoms with E-state index in [1.165, 1.54) is 12.3 Å². The molecule has 0 aliphatic carbocycles. The van der Waals surface area contributed by atoms with Gasteiger partial charge in [0.1, 0.15) is 0 Å². The summed E-state index contributed by atoms with van der Waals surface area (Å²) in [6, 6.07) is 8.88. The van der Waals surface area contributed by atoms with Crippen molar-refractivity contribution in [3.05, 3.63) is 58.6 Å². The zero-order chi connectivity index (χ0) is 15.5. The molecule has 3 aromatic rings. The number of fused-ring (bicyclic) bond motifs is 1. The van der Waals surface area contributed by atoms with Crippen LogP contribution in [0.3, 0.4) is 0 Å². The molecule has 0 unspecified atom stereocenters. The number of aromatic nitrogens is 2. The first-order valence-corrected chi connectivity index (χ1v) is 6.81. The predicted octanol–water partition coefficient (Wildman–Crippen LogP) is 2.18. The van der Waals surface area contributed by atoms with E-state index in [9.17, 15) is 9.59 Å². The molecule has 6 heteroatoms. The summed E-state index contributed by atoms with van der Waals surface area (Å²) in [5.41, 5.74) is 1.95. The van der Waals surface area contributed by atoms with E-state index in [1.807, 2.05) is 30.5 Å². The van der Waals surface area contributed by atoms with Crippen LogP contribution in [0.1, 0.15) is 5.69 Å². The molecule has 0 bridgehead atoms. The van der Waals surface area contributed by atoms with Crippen LogP contribution in [0.4, 0.5) is 5.69 Å². The molecule has 0 radical (unpaired) electrons. The highest BCUT2D eigenvalue weighted by Crippen LogP contribution is 2.17. The number of amides is 1. The predicted molar refractivity (Wildman–Crippen MR) is 84.2 cm³/mol. The van der Waals surface area contributed by atoms with Gasteiger partial charge in [0.15, 0.2) is 12.4 Å². The molecule has 3 rings (SSSR count). The van der Waals surface area contributed by atoms with E-state index in [2.05, 4.69) is 15.3 Å². The highest BCUT2D eigenvalue weighted by Gasteiger charge is 2.09. The fourth-order valence-corrected chi connectivity index (χ4v) is 2.21. The van der Waals surface area contributed by atoms with E-state index in [-0.39, 0.29) is 23.7 Å². The summed E-state index contributed by atoms with van der Waals surface area (Å²) >= 11 is 0. The molecule has 1 amide bonds. The second kappa shape index (κ2) is 5.77. The van der Waals surface area contributed by atoms with Crippen LogP contribution in [-0.4, -0.2) is 22.5 Å². The summed E-state index contributed by atoms with van der Waals surface area (Å²) in [5, 5.41) is 3.81. The maximum absolute atomic E-state index is 11.9. The Hall–Kier alpha value is -3.02. The first-order chi connectivity index (χ1) is 10.6. The molecular formula is C16H15N3O3. The minimum atomic E-state index is -0.325. The number of ether oxygens (including phenoxy) is 1.